The SMILES string of the molecule is CC(C)c1cc(Br)cc2c1NC(c1ccc(Cl)cc1)CC2. The molecule has 1 aliphatic heterocycles. The summed E-state index contributed by atoms with van der Waals surface area (Å²) in [5.41, 5.74) is 5.43. The molecule has 1 atom stereocenters. The lowest BCUT2D eigenvalue weighted by Gasteiger charge is -2.30. The molecular weight excluding hydrogens is 346 g/mol. The predicted molar refractivity (Wildman–Crippen MR) is 94.4 cm³/mol. The van der Waals surface area contributed by atoms with E-state index in [1.54, 1.807) is 0 Å². The van der Waals surface area contributed by atoms with Gasteiger partial charge in [-0.2, -0.15) is 0 Å². The van der Waals surface area contributed by atoms with Crippen LogP contribution in [-0.2, 0) is 6.42 Å². The molecule has 2 aromatic rings. The molecule has 1 N–H and O–H groups in total. The summed E-state index contributed by atoms with van der Waals surface area (Å²) in [6.45, 7) is 4.49. The summed E-state index contributed by atoms with van der Waals surface area (Å²) in [7, 11) is 0. The molecule has 3 heteroatoms. The molecule has 1 nitrogen and oxygen atoms in total. The van der Waals surface area contributed by atoms with Crippen LogP contribution in [0.25, 0.3) is 0 Å². The highest BCUT2D eigenvalue weighted by Crippen LogP contribution is 2.39. The minimum atomic E-state index is 0.369. The van der Waals surface area contributed by atoms with Crippen LogP contribution in [0, 0.1) is 0 Å². The van der Waals surface area contributed by atoms with Crippen LogP contribution in [0.2, 0.25) is 5.02 Å². The van der Waals surface area contributed by atoms with E-state index in [1.807, 2.05) is 12.1 Å². The van der Waals surface area contributed by atoms with Crippen molar-refractivity contribution in [3.8, 4) is 0 Å². The Morgan fingerprint density at radius 3 is 2.57 bits per heavy atom. The predicted octanol–water partition coefficient (Wildman–Crippen LogP) is 6.33. The maximum atomic E-state index is 5.99. The van der Waals surface area contributed by atoms with Crippen molar-refractivity contribution in [2.45, 2.75) is 38.6 Å². The van der Waals surface area contributed by atoms with E-state index in [2.05, 4.69) is 59.4 Å². The molecule has 0 aliphatic carbocycles. The van der Waals surface area contributed by atoms with Gasteiger partial charge in [-0.3, -0.25) is 0 Å². The van der Waals surface area contributed by atoms with Crippen molar-refractivity contribution in [3.05, 3.63) is 62.6 Å². The van der Waals surface area contributed by atoms with Crippen molar-refractivity contribution in [1.82, 2.24) is 0 Å². The first-order valence-electron chi connectivity index (χ1n) is 7.39. The quantitative estimate of drug-likeness (QED) is 0.657. The number of halogens is 2. The molecule has 1 heterocycles. The number of aryl methyl sites for hydroxylation is 1. The van der Waals surface area contributed by atoms with Crippen molar-refractivity contribution in [2.24, 2.45) is 0 Å². The second-order valence-corrected chi connectivity index (χ2v) is 7.32. The fourth-order valence-corrected chi connectivity index (χ4v) is 3.66. The van der Waals surface area contributed by atoms with Gasteiger partial charge in [-0.25, -0.2) is 0 Å². The Morgan fingerprint density at radius 1 is 1.19 bits per heavy atom. The van der Waals surface area contributed by atoms with Crippen LogP contribution in [0.5, 0.6) is 0 Å². The Bertz CT molecular complexity index is 649. The number of anilines is 1. The fourth-order valence-electron chi connectivity index (χ4n) is 3.01. The van der Waals surface area contributed by atoms with Gasteiger partial charge in [-0.05, 0) is 59.7 Å². The van der Waals surface area contributed by atoms with Crippen LogP contribution < -0.4 is 5.32 Å². The summed E-state index contributed by atoms with van der Waals surface area (Å²) >= 11 is 9.63. The normalized spacial score (nSPS) is 17.5. The third kappa shape index (κ3) is 3.12. The second kappa shape index (κ2) is 6.02. The zero-order valence-electron chi connectivity index (χ0n) is 12.3. The first-order valence-corrected chi connectivity index (χ1v) is 8.56. The smallest absolute Gasteiger partial charge is 0.0517 e. The lowest BCUT2D eigenvalue weighted by Crippen LogP contribution is -2.19. The highest BCUT2D eigenvalue weighted by Gasteiger charge is 2.22. The van der Waals surface area contributed by atoms with E-state index in [9.17, 15) is 0 Å². The van der Waals surface area contributed by atoms with Gasteiger partial charge in [0.25, 0.3) is 0 Å². The molecule has 0 radical (unpaired) electrons. The number of hydrogen-bond acceptors (Lipinski definition) is 1. The monoisotopic (exact) mass is 363 g/mol. The Hall–Kier alpha value is -0.990. The Balaban J connectivity index is 1.96. The standard InChI is InChI=1S/C18H19BrClN/c1-11(2)16-10-14(19)9-13-5-8-17(21-18(13)16)12-3-6-15(20)7-4-12/h3-4,6-7,9-11,17,21H,5,8H2,1-2H3. The van der Waals surface area contributed by atoms with Gasteiger partial charge in [0.05, 0.1) is 6.04 Å². The van der Waals surface area contributed by atoms with Gasteiger partial charge in [0, 0.05) is 15.2 Å². The van der Waals surface area contributed by atoms with Gasteiger partial charge in [0.2, 0.25) is 0 Å². The first-order chi connectivity index (χ1) is 10.0. The summed E-state index contributed by atoms with van der Waals surface area (Å²) in [4.78, 5) is 0. The largest absolute Gasteiger partial charge is 0.378 e. The van der Waals surface area contributed by atoms with Crippen LogP contribution in [0.4, 0.5) is 5.69 Å². The van der Waals surface area contributed by atoms with Gasteiger partial charge < -0.3 is 5.32 Å². The van der Waals surface area contributed by atoms with Crippen molar-refractivity contribution in [2.75, 3.05) is 5.32 Å². The summed E-state index contributed by atoms with van der Waals surface area (Å²) in [6.07, 6.45) is 2.22. The van der Waals surface area contributed by atoms with Gasteiger partial charge in [-0.15, -0.1) is 0 Å². The minimum absolute atomic E-state index is 0.369. The Morgan fingerprint density at radius 2 is 1.90 bits per heavy atom. The molecule has 0 spiro atoms. The van der Waals surface area contributed by atoms with E-state index in [0.29, 0.717) is 12.0 Å². The lowest BCUT2D eigenvalue weighted by atomic mass is 9.89. The molecule has 21 heavy (non-hydrogen) atoms. The van der Waals surface area contributed by atoms with Crippen LogP contribution in [0.1, 0.15) is 48.9 Å². The lowest BCUT2D eigenvalue weighted by molar-refractivity contribution is 0.662. The van der Waals surface area contributed by atoms with Crippen LogP contribution in [0.3, 0.4) is 0 Å². The summed E-state index contributed by atoms with van der Waals surface area (Å²) in [6, 6.07) is 13.0. The zero-order valence-corrected chi connectivity index (χ0v) is 14.6. The van der Waals surface area contributed by atoms with Crippen LogP contribution >= 0.6 is 27.5 Å². The molecule has 0 bridgehead atoms. The van der Waals surface area contributed by atoms with Crippen LogP contribution in [0.15, 0.2) is 40.9 Å². The molecule has 3 rings (SSSR count). The fraction of sp³-hybridized carbons (Fsp3) is 0.333. The van der Waals surface area contributed by atoms with E-state index < -0.39 is 0 Å². The number of rotatable bonds is 2. The Labute approximate surface area is 139 Å². The van der Waals surface area contributed by atoms with Gasteiger partial charge in [-0.1, -0.05) is 53.5 Å². The topological polar surface area (TPSA) is 12.0 Å². The summed E-state index contributed by atoms with van der Waals surface area (Å²) in [5.74, 6) is 0.507. The second-order valence-electron chi connectivity index (χ2n) is 5.97. The average molecular weight is 365 g/mol. The van der Waals surface area contributed by atoms with E-state index in [4.69, 9.17) is 11.6 Å². The molecule has 1 unspecified atom stereocenters. The maximum Gasteiger partial charge on any atom is 0.0517 e. The van der Waals surface area contributed by atoms with Gasteiger partial charge in [0.15, 0.2) is 0 Å². The number of benzene rings is 2. The molecule has 0 amide bonds. The number of fused-ring (bicyclic) bond motifs is 1. The molecular formula is C18H19BrClN. The molecule has 0 saturated heterocycles. The molecule has 0 saturated carbocycles. The van der Waals surface area contributed by atoms with E-state index in [0.717, 1.165) is 17.9 Å². The number of nitrogens with one attached hydrogen (secondary N) is 1. The van der Waals surface area contributed by atoms with Gasteiger partial charge in [0.1, 0.15) is 0 Å². The highest BCUT2D eigenvalue weighted by molar-refractivity contribution is 9.10. The van der Waals surface area contributed by atoms with E-state index >= 15 is 0 Å². The third-order valence-electron chi connectivity index (χ3n) is 4.13. The summed E-state index contributed by atoms with van der Waals surface area (Å²) in [5, 5.41) is 4.54. The molecule has 110 valence electrons. The first kappa shape index (κ1) is 14.9. The maximum absolute atomic E-state index is 5.99. The number of hydrogen-bond donors (Lipinski definition) is 1. The summed E-state index contributed by atoms with van der Waals surface area (Å²) < 4.78 is 1.18. The molecule has 1 aliphatic rings. The van der Waals surface area contributed by atoms with Crippen LogP contribution in [-0.4, -0.2) is 0 Å². The van der Waals surface area contributed by atoms with Crippen molar-refractivity contribution in [1.29, 1.82) is 0 Å². The highest BCUT2D eigenvalue weighted by atomic mass is 79.9. The zero-order chi connectivity index (χ0) is 15.0. The van der Waals surface area contributed by atoms with E-state index in [-0.39, 0.29) is 0 Å². The third-order valence-corrected chi connectivity index (χ3v) is 4.84. The Kier molecular flexibility index (Phi) is 4.28. The molecule has 0 fully saturated rings. The van der Waals surface area contributed by atoms with Crippen molar-refractivity contribution in [3.63, 3.8) is 0 Å². The molecule has 0 aromatic heterocycles. The average Bonchev–Trinajstić information content (AvgIpc) is 2.46. The van der Waals surface area contributed by atoms with Crippen molar-refractivity contribution < 1.29 is 0 Å². The van der Waals surface area contributed by atoms with Gasteiger partial charge >= 0.3 is 0 Å². The molecule has 2 aromatic carbocycles. The van der Waals surface area contributed by atoms with E-state index in [1.165, 1.54) is 26.9 Å². The van der Waals surface area contributed by atoms with Crippen molar-refractivity contribution >= 4 is 33.2 Å². The minimum Gasteiger partial charge on any atom is -0.378 e.